The second-order valence-electron chi connectivity index (χ2n) is 4.54. The highest BCUT2D eigenvalue weighted by Gasteiger charge is 2.32. The van der Waals surface area contributed by atoms with E-state index >= 15 is 0 Å². The summed E-state index contributed by atoms with van der Waals surface area (Å²) in [6, 6.07) is 0. The van der Waals surface area contributed by atoms with Gasteiger partial charge in [-0.3, -0.25) is 4.79 Å². The number of hydrogen-bond acceptors (Lipinski definition) is 1. The van der Waals surface area contributed by atoms with Gasteiger partial charge in [0.15, 0.2) is 0 Å². The molecule has 0 heterocycles. The largest absolute Gasteiger partial charge is 0.481 e. The third-order valence-corrected chi connectivity index (χ3v) is 5.02. The van der Waals surface area contributed by atoms with Crippen molar-refractivity contribution >= 4 is 14.0 Å². The molecule has 0 aliphatic rings. The molecule has 76 valence electrons. The number of allylic oxidation sites excluding steroid dienone is 2. The maximum atomic E-state index is 10.9. The van der Waals surface area contributed by atoms with Gasteiger partial charge in [0.05, 0.1) is 14.0 Å². The van der Waals surface area contributed by atoms with E-state index in [0.29, 0.717) is 0 Å². The average Bonchev–Trinajstić information content (AvgIpc) is 1.96. The van der Waals surface area contributed by atoms with Gasteiger partial charge in [0, 0.05) is 0 Å². The van der Waals surface area contributed by atoms with Crippen LogP contribution in [0.4, 0.5) is 0 Å². The standard InChI is InChI=1S/C10H20O2Si/c1-6-7-9(13(3,4)5)8(2)10(11)12/h6-9H,1-5H3,(H,11,12)/b7-6+/t8-,9+/m0/s1. The highest BCUT2D eigenvalue weighted by Crippen LogP contribution is 2.31. The molecule has 0 rings (SSSR count). The van der Waals surface area contributed by atoms with Gasteiger partial charge in [-0.05, 0) is 12.5 Å². The lowest BCUT2D eigenvalue weighted by atomic mass is 10.1. The van der Waals surface area contributed by atoms with Crippen molar-refractivity contribution in [2.45, 2.75) is 39.0 Å². The summed E-state index contributed by atoms with van der Waals surface area (Å²) in [5.41, 5.74) is 0.231. The number of carbonyl (C=O) groups is 1. The summed E-state index contributed by atoms with van der Waals surface area (Å²) in [4.78, 5) is 10.9. The molecule has 0 aliphatic carbocycles. The Morgan fingerprint density at radius 2 is 1.85 bits per heavy atom. The number of carboxylic acids is 1. The zero-order chi connectivity index (χ0) is 10.6. The van der Waals surface area contributed by atoms with Crippen molar-refractivity contribution in [3.8, 4) is 0 Å². The average molecular weight is 200 g/mol. The Balaban J connectivity index is 4.71. The predicted molar refractivity (Wildman–Crippen MR) is 58.7 cm³/mol. The number of hydrogen-bond donors (Lipinski definition) is 1. The first-order valence-electron chi connectivity index (χ1n) is 4.66. The Bertz CT molecular complexity index is 203. The van der Waals surface area contributed by atoms with Crippen LogP contribution in [0.25, 0.3) is 0 Å². The van der Waals surface area contributed by atoms with E-state index < -0.39 is 14.0 Å². The summed E-state index contributed by atoms with van der Waals surface area (Å²) in [7, 11) is -1.40. The first kappa shape index (κ1) is 12.4. The molecule has 0 aromatic carbocycles. The second-order valence-corrected chi connectivity index (χ2v) is 9.94. The highest BCUT2D eigenvalue weighted by atomic mass is 28.3. The lowest BCUT2D eigenvalue weighted by Crippen LogP contribution is -2.34. The summed E-state index contributed by atoms with van der Waals surface area (Å²) in [6.07, 6.45) is 4.01. The molecule has 0 saturated heterocycles. The highest BCUT2D eigenvalue weighted by molar-refractivity contribution is 6.78. The SMILES string of the molecule is C/C=C/[C@H]([C@H](C)C(=O)O)[Si](C)(C)C. The van der Waals surface area contributed by atoms with E-state index in [-0.39, 0.29) is 11.5 Å². The fourth-order valence-corrected chi connectivity index (χ4v) is 3.98. The molecule has 3 heteroatoms. The summed E-state index contributed by atoms with van der Waals surface area (Å²) < 4.78 is 0. The van der Waals surface area contributed by atoms with Crippen LogP contribution in [0.5, 0.6) is 0 Å². The van der Waals surface area contributed by atoms with Gasteiger partial charge in [0.1, 0.15) is 0 Å². The zero-order valence-electron chi connectivity index (χ0n) is 9.16. The monoisotopic (exact) mass is 200 g/mol. The molecule has 0 radical (unpaired) electrons. The van der Waals surface area contributed by atoms with E-state index in [9.17, 15) is 4.79 Å². The Hall–Kier alpha value is -0.573. The Kier molecular flexibility index (Phi) is 4.40. The van der Waals surface area contributed by atoms with E-state index in [1.54, 1.807) is 6.92 Å². The molecule has 1 N–H and O–H groups in total. The van der Waals surface area contributed by atoms with Gasteiger partial charge in [-0.15, -0.1) is 0 Å². The van der Waals surface area contributed by atoms with Gasteiger partial charge in [0.2, 0.25) is 0 Å². The van der Waals surface area contributed by atoms with Crippen LogP contribution in [-0.2, 0) is 4.79 Å². The van der Waals surface area contributed by atoms with Crippen LogP contribution in [0.1, 0.15) is 13.8 Å². The van der Waals surface area contributed by atoms with Gasteiger partial charge < -0.3 is 5.11 Å². The molecule has 0 saturated carbocycles. The minimum atomic E-state index is -1.40. The smallest absolute Gasteiger partial charge is 0.306 e. The minimum Gasteiger partial charge on any atom is -0.481 e. The molecular weight excluding hydrogens is 180 g/mol. The molecule has 0 amide bonds. The van der Waals surface area contributed by atoms with Crippen LogP contribution in [-0.4, -0.2) is 19.1 Å². The number of carboxylic acid groups (broad SMARTS) is 1. The van der Waals surface area contributed by atoms with Crippen LogP contribution in [0.15, 0.2) is 12.2 Å². The van der Waals surface area contributed by atoms with E-state index in [2.05, 4.69) is 19.6 Å². The fraction of sp³-hybridized carbons (Fsp3) is 0.700. The zero-order valence-corrected chi connectivity index (χ0v) is 10.2. The number of rotatable bonds is 4. The summed E-state index contributed by atoms with van der Waals surface area (Å²) in [6.45, 7) is 10.4. The summed E-state index contributed by atoms with van der Waals surface area (Å²) in [5.74, 6) is -0.951. The van der Waals surface area contributed by atoms with Crippen molar-refractivity contribution in [2.24, 2.45) is 5.92 Å². The maximum absolute atomic E-state index is 10.9. The Morgan fingerprint density at radius 1 is 1.38 bits per heavy atom. The van der Waals surface area contributed by atoms with Gasteiger partial charge in [-0.2, -0.15) is 0 Å². The van der Waals surface area contributed by atoms with Crippen LogP contribution < -0.4 is 0 Å². The van der Waals surface area contributed by atoms with Gasteiger partial charge >= 0.3 is 5.97 Å². The van der Waals surface area contributed by atoms with Gasteiger partial charge in [-0.1, -0.05) is 38.7 Å². The van der Waals surface area contributed by atoms with Crippen molar-refractivity contribution in [3.63, 3.8) is 0 Å². The van der Waals surface area contributed by atoms with E-state index in [1.165, 1.54) is 0 Å². The topological polar surface area (TPSA) is 37.3 Å². The van der Waals surface area contributed by atoms with Crippen LogP contribution in [0.3, 0.4) is 0 Å². The molecule has 2 atom stereocenters. The van der Waals surface area contributed by atoms with Crippen LogP contribution >= 0.6 is 0 Å². The molecule has 0 bridgehead atoms. The second kappa shape index (κ2) is 4.60. The molecule has 0 spiro atoms. The third kappa shape index (κ3) is 3.76. The maximum Gasteiger partial charge on any atom is 0.306 e. The molecule has 0 unspecified atom stereocenters. The molecule has 13 heavy (non-hydrogen) atoms. The van der Waals surface area contributed by atoms with Crippen molar-refractivity contribution in [1.82, 2.24) is 0 Å². The molecule has 0 aromatic rings. The van der Waals surface area contributed by atoms with Crippen molar-refractivity contribution < 1.29 is 9.90 Å². The summed E-state index contributed by atoms with van der Waals surface area (Å²) >= 11 is 0. The third-order valence-electron chi connectivity index (χ3n) is 2.33. The van der Waals surface area contributed by atoms with Crippen molar-refractivity contribution in [2.75, 3.05) is 0 Å². The Morgan fingerprint density at radius 3 is 2.08 bits per heavy atom. The first-order valence-corrected chi connectivity index (χ1v) is 8.24. The van der Waals surface area contributed by atoms with Gasteiger partial charge in [-0.25, -0.2) is 0 Å². The summed E-state index contributed by atoms with van der Waals surface area (Å²) in [5, 5.41) is 8.93. The molecule has 0 aromatic heterocycles. The quantitative estimate of drug-likeness (QED) is 0.559. The number of aliphatic carboxylic acids is 1. The first-order chi connectivity index (χ1) is 5.80. The van der Waals surface area contributed by atoms with E-state index in [1.807, 2.05) is 19.1 Å². The van der Waals surface area contributed by atoms with Crippen LogP contribution in [0.2, 0.25) is 25.2 Å². The van der Waals surface area contributed by atoms with Gasteiger partial charge in [0.25, 0.3) is 0 Å². The molecule has 2 nitrogen and oxygen atoms in total. The Labute approximate surface area is 81.7 Å². The molecule has 0 fully saturated rings. The van der Waals surface area contributed by atoms with E-state index in [0.717, 1.165) is 0 Å². The van der Waals surface area contributed by atoms with E-state index in [4.69, 9.17) is 5.11 Å². The lowest BCUT2D eigenvalue weighted by Gasteiger charge is -2.29. The van der Waals surface area contributed by atoms with Crippen molar-refractivity contribution in [3.05, 3.63) is 12.2 Å². The normalized spacial score (nSPS) is 17.3. The lowest BCUT2D eigenvalue weighted by molar-refractivity contribution is -0.141. The van der Waals surface area contributed by atoms with Crippen molar-refractivity contribution in [1.29, 1.82) is 0 Å². The fourth-order valence-electron chi connectivity index (χ4n) is 1.57. The van der Waals surface area contributed by atoms with Crippen LogP contribution in [0, 0.1) is 5.92 Å². The molecular formula is C10H20O2Si. The molecule has 0 aliphatic heterocycles. The minimum absolute atomic E-state index is 0.231. The predicted octanol–water partition coefficient (Wildman–Crippen LogP) is 2.99.